The van der Waals surface area contributed by atoms with E-state index in [0.29, 0.717) is 30.8 Å². The van der Waals surface area contributed by atoms with Gasteiger partial charge in [0.1, 0.15) is 17.4 Å². The third kappa shape index (κ3) is 5.25. The zero-order valence-electron chi connectivity index (χ0n) is 15.6. The molecule has 2 aromatic carbocycles. The maximum absolute atomic E-state index is 14.1. The molecule has 1 fully saturated rings. The molecule has 27 heavy (non-hydrogen) atoms. The molecule has 1 aliphatic heterocycles. The van der Waals surface area contributed by atoms with Gasteiger partial charge in [0, 0.05) is 50.9 Å². The summed E-state index contributed by atoms with van der Waals surface area (Å²) in [5, 5.41) is 9.46. The SMILES string of the molecule is COc1ccc(F)c(CN2CCN(Cc3ccc(F)cc3)[C@H](CCO)C2)c1. The Morgan fingerprint density at radius 3 is 2.56 bits per heavy atom. The van der Waals surface area contributed by atoms with Crippen LogP contribution in [0.1, 0.15) is 17.5 Å². The largest absolute Gasteiger partial charge is 0.497 e. The Hall–Kier alpha value is -2.02. The van der Waals surface area contributed by atoms with E-state index in [0.717, 1.165) is 25.2 Å². The van der Waals surface area contributed by atoms with Crippen LogP contribution < -0.4 is 4.74 Å². The van der Waals surface area contributed by atoms with Crippen LogP contribution in [-0.4, -0.2) is 54.3 Å². The molecule has 6 heteroatoms. The molecule has 0 bridgehead atoms. The van der Waals surface area contributed by atoms with Crippen molar-refractivity contribution in [3.63, 3.8) is 0 Å². The summed E-state index contributed by atoms with van der Waals surface area (Å²) in [6, 6.07) is 11.5. The first-order valence-corrected chi connectivity index (χ1v) is 9.23. The molecule has 0 unspecified atom stereocenters. The number of nitrogens with zero attached hydrogens (tertiary/aromatic N) is 2. The number of halogens is 2. The van der Waals surface area contributed by atoms with Crippen LogP contribution in [0.3, 0.4) is 0 Å². The highest BCUT2D eigenvalue weighted by atomic mass is 19.1. The molecule has 146 valence electrons. The van der Waals surface area contributed by atoms with Crippen molar-refractivity contribution >= 4 is 0 Å². The summed E-state index contributed by atoms with van der Waals surface area (Å²) < 4.78 is 32.5. The van der Waals surface area contributed by atoms with Gasteiger partial charge >= 0.3 is 0 Å². The van der Waals surface area contributed by atoms with E-state index in [1.807, 2.05) is 0 Å². The molecule has 3 rings (SSSR count). The molecular weight excluding hydrogens is 350 g/mol. The second kappa shape index (κ2) is 9.26. The zero-order valence-corrected chi connectivity index (χ0v) is 15.6. The number of piperazine rings is 1. The first kappa shape index (κ1) is 19.7. The molecule has 4 nitrogen and oxygen atoms in total. The van der Waals surface area contributed by atoms with Gasteiger partial charge < -0.3 is 9.84 Å². The lowest BCUT2D eigenvalue weighted by atomic mass is 10.1. The third-order valence-electron chi connectivity index (χ3n) is 5.10. The van der Waals surface area contributed by atoms with Crippen LogP contribution in [0, 0.1) is 11.6 Å². The molecule has 0 aromatic heterocycles. The predicted molar refractivity (Wildman–Crippen MR) is 101 cm³/mol. The van der Waals surface area contributed by atoms with Crippen LogP contribution in [0.4, 0.5) is 8.78 Å². The van der Waals surface area contributed by atoms with Crippen LogP contribution in [0.5, 0.6) is 5.75 Å². The Bertz CT molecular complexity index is 739. The fraction of sp³-hybridized carbons (Fsp3) is 0.429. The number of ether oxygens (including phenoxy) is 1. The highest BCUT2D eigenvalue weighted by Crippen LogP contribution is 2.22. The maximum Gasteiger partial charge on any atom is 0.127 e. The van der Waals surface area contributed by atoms with Gasteiger partial charge in [-0.3, -0.25) is 9.80 Å². The highest BCUT2D eigenvalue weighted by Gasteiger charge is 2.27. The molecular formula is C21H26F2N2O2. The van der Waals surface area contributed by atoms with Crippen molar-refractivity contribution in [3.8, 4) is 5.75 Å². The van der Waals surface area contributed by atoms with Crippen molar-refractivity contribution < 1.29 is 18.6 Å². The number of benzene rings is 2. The average molecular weight is 376 g/mol. The van der Waals surface area contributed by atoms with E-state index in [2.05, 4.69) is 9.80 Å². The third-order valence-corrected chi connectivity index (χ3v) is 5.10. The summed E-state index contributed by atoms with van der Waals surface area (Å²) in [6.45, 7) is 3.69. The van der Waals surface area contributed by atoms with Gasteiger partial charge in [-0.05, 0) is 42.3 Å². The van der Waals surface area contributed by atoms with E-state index in [-0.39, 0.29) is 24.3 Å². The molecule has 0 spiro atoms. The van der Waals surface area contributed by atoms with Crippen molar-refractivity contribution in [1.29, 1.82) is 0 Å². The standard InChI is InChI=1S/C21H26F2N2O2/c1-27-20-6-7-21(23)17(12-20)14-24-9-10-25(19(15-24)8-11-26)13-16-2-4-18(22)5-3-16/h2-7,12,19,26H,8-11,13-15H2,1H3/t19-/m1/s1. The zero-order chi connectivity index (χ0) is 19.2. The number of hydrogen-bond donors (Lipinski definition) is 1. The van der Waals surface area contributed by atoms with E-state index < -0.39 is 0 Å². The molecule has 1 atom stereocenters. The number of aliphatic hydroxyl groups excluding tert-OH is 1. The molecule has 1 N–H and O–H groups in total. The minimum Gasteiger partial charge on any atom is -0.497 e. The van der Waals surface area contributed by atoms with Crippen LogP contribution in [-0.2, 0) is 13.1 Å². The highest BCUT2D eigenvalue weighted by molar-refractivity contribution is 5.29. The molecule has 0 radical (unpaired) electrons. The minimum absolute atomic E-state index is 0.103. The van der Waals surface area contributed by atoms with Crippen molar-refractivity contribution in [2.75, 3.05) is 33.4 Å². The molecule has 0 saturated carbocycles. The fourth-order valence-corrected chi connectivity index (χ4v) is 3.60. The Morgan fingerprint density at radius 2 is 1.85 bits per heavy atom. The first-order chi connectivity index (χ1) is 13.1. The lowest BCUT2D eigenvalue weighted by Crippen LogP contribution is -2.52. The summed E-state index contributed by atoms with van der Waals surface area (Å²) in [7, 11) is 1.57. The van der Waals surface area contributed by atoms with E-state index in [1.165, 1.54) is 18.2 Å². The van der Waals surface area contributed by atoms with Gasteiger partial charge in [-0.15, -0.1) is 0 Å². The van der Waals surface area contributed by atoms with Crippen LogP contribution in [0.2, 0.25) is 0 Å². The Morgan fingerprint density at radius 1 is 1.07 bits per heavy atom. The van der Waals surface area contributed by atoms with Gasteiger partial charge in [0.2, 0.25) is 0 Å². The van der Waals surface area contributed by atoms with Gasteiger partial charge in [-0.1, -0.05) is 12.1 Å². The van der Waals surface area contributed by atoms with Crippen LogP contribution >= 0.6 is 0 Å². The summed E-state index contributed by atoms with van der Waals surface area (Å²) >= 11 is 0. The number of aliphatic hydroxyl groups is 1. The van der Waals surface area contributed by atoms with E-state index >= 15 is 0 Å². The summed E-state index contributed by atoms with van der Waals surface area (Å²) in [5.74, 6) is 0.173. The summed E-state index contributed by atoms with van der Waals surface area (Å²) in [6.07, 6.45) is 0.651. The Labute approximate surface area is 159 Å². The average Bonchev–Trinajstić information content (AvgIpc) is 2.67. The maximum atomic E-state index is 14.1. The van der Waals surface area contributed by atoms with E-state index in [1.54, 1.807) is 31.4 Å². The van der Waals surface area contributed by atoms with Crippen molar-refractivity contribution in [2.24, 2.45) is 0 Å². The lowest BCUT2D eigenvalue weighted by molar-refractivity contribution is 0.0494. The molecule has 0 aliphatic carbocycles. The van der Waals surface area contributed by atoms with Crippen LogP contribution in [0.15, 0.2) is 42.5 Å². The molecule has 1 aliphatic rings. The van der Waals surface area contributed by atoms with Crippen molar-refractivity contribution in [1.82, 2.24) is 9.80 Å². The fourth-order valence-electron chi connectivity index (χ4n) is 3.60. The monoisotopic (exact) mass is 376 g/mol. The van der Waals surface area contributed by atoms with Gasteiger partial charge in [-0.25, -0.2) is 8.78 Å². The van der Waals surface area contributed by atoms with Crippen molar-refractivity contribution in [2.45, 2.75) is 25.6 Å². The molecule has 2 aromatic rings. The topological polar surface area (TPSA) is 35.9 Å². The number of rotatable bonds is 7. The second-order valence-electron chi connectivity index (χ2n) is 6.96. The number of methoxy groups -OCH3 is 1. The van der Waals surface area contributed by atoms with Crippen molar-refractivity contribution in [3.05, 3.63) is 65.2 Å². The molecule has 1 saturated heterocycles. The van der Waals surface area contributed by atoms with Gasteiger partial charge in [-0.2, -0.15) is 0 Å². The quantitative estimate of drug-likeness (QED) is 0.806. The molecule has 1 heterocycles. The smallest absolute Gasteiger partial charge is 0.127 e. The molecule has 0 amide bonds. The summed E-state index contributed by atoms with van der Waals surface area (Å²) in [5.41, 5.74) is 1.66. The number of hydrogen-bond acceptors (Lipinski definition) is 4. The Balaban J connectivity index is 1.65. The van der Waals surface area contributed by atoms with Gasteiger partial charge in [0.25, 0.3) is 0 Å². The second-order valence-corrected chi connectivity index (χ2v) is 6.96. The van der Waals surface area contributed by atoms with Gasteiger partial charge in [0.15, 0.2) is 0 Å². The normalized spacial score (nSPS) is 18.6. The summed E-state index contributed by atoms with van der Waals surface area (Å²) in [4.78, 5) is 4.52. The minimum atomic E-state index is -0.240. The van der Waals surface area contributed by atoms with E-state index in [4.69, 9.17) is 4.74 Å². The van der Waals surface area contributed by atoms with Crippen LogP contribution in [0.25, 0.3) is 0 Å². The predicted octanol–water partition coefficient (Wildman–Crippen LogP) is 3.04. The first-order valence-electron chi connectivity index (χ1n) is 9.23. The van der Waals surface area contributed by atoms with Gasteiger partial charge in [0.05, 0.1) is 7.11 Å². The van der Waals surface area contributed by atoms with E-state index in [9.17, 15) is 13.9 Å². The Kier molecular flexibility index (Phi) is 6.77. The lowest BCUT2D eigenvalue weighted by Gasteiger charge is -2.41.